The number of hydrogen-bond acceptors (Lipinski definition) is 9. The van der Waals surface area contributed by atoms with Gasteiger partial charge in [-0.15, -0.1) is 11.6 Å². The summed E-state index contributed by atoms with van der Waals surface area (Å²) in [5, 5.41) is 42.2. The van der Waals surface area contributed by atoms with E-state index < -0.39 is 37.3 Å². The zero-order chi connectivity index (χ0) is 26.7. The van der Waals surface area contributed by atoms with Crippen LogP contribution in [0.2, 0.25) is 0 Å². The first-order valence-corrected chi connectivity index (χ1v) is 12.9. The Bertz CT molecular complexity index is 1130. The normalized spacial score (nSPS) is 28.7. The van der Waals surface area contributed by atoms with Crippen LogP contribution in [0, 0.1) is 0 Å². The van der Waals surface area contributed by atoms with Gasteiger partial charge in [0.05, 0.1) is 6.61 Å². The summed E-state index contributed by atoms with van der Waals surface area (Å²) >= 11 is 6.43. The molecule has 37 heavy (non-hydrogen) atoms. The molecule has 0 aliphatic carbocycles. The van der Waals surface area contributed by atoms with Crippen LogP contribution in [-0.4, -0.2) is 89.4 Å². The summed E-state index contributed by atoms with van der Waals surface area (Å²) in [4.78, 5) is 2.20. The van der Waals surface area contributed by atoms with E-state index in [2.05, 4.69) is 11.5 Å². The number of rotatable bonds is 10. The molecular formula is C27H35ClN2O7. The number of nitrogens with two attached hydrogens (primary N) is 1. The molecule has 6 N–H and O–H groups in total. The number of fused-ring (bicyclic) bond motifs is 3. The van der Waals surface area contributed by atoms with Gasteiger partial charge in [0.2, 0.25) is 6.29 Å². The molecule has 0 spiro atoms. The van der Waals surface area contributed by atoms with Gasteiger partial charge in [-0.25, -0.2) is 0 Å². The summed E-state index contributed by atoms with van der Waals surface area (Å²) in [6.45, 7) is 6.79. The molecular weight excluding hydrogens is 500 g/mol. The Kier molecular flexibility index (Phi) is 8.97. The highest BCUT2D eigenvalue weighted by Crippen LogP contribution is 2.47. The molecule has 1 saturated heterocycles. The van der Waals surface area contributed by atoms with Crippen molar-refractivity contribution in [2.75, 3.05) is 37.1 Å². The van der Waals surface area contributed by atoms with Crippen molar-refractivity contribution in [3.8, 4) is 5.75 Å². The highest BCUT2D eigenvalue weighted by Gasteiger charge is 2.45. The number of allylic oxidation sites excluding steroid dienone is 1. The van der Waals surface area contributed by atoms with Crippen LogP contribution in [0.5, 0.6) is 5.75 Å². The smallest absolute Gasteiger partial charge is 0.229 e. The minimum Gasteiger partial charge on any atom is -0.493 e. The number of aliphatic hydroxyl groups is 4. The molecule has 10 heteroatoms. The highest BCUT2D eigenvalue weighted by molar-refractivity contribution is 6.18. The number of alkyl halides is 1. The molecule has 1 unspecified atom stereocenters. The quantitative estimate of drug-likeness (QED) is 0.175. The van der Waals surface area contributed by atoms with Crippen molar-refractivity contribution < 1.29 is 34.6 Å². The Morgan fingerprint density at radius 1 is 1.24 bits per heavy atom. The Hall–Kier alpha value is -2.37. The third-order valence-electron chi connectivity index (χ3n) is 6.92. The second-order valence-electron chi connectivity index (χ2n) is 9.32. The van der Waals surface area contributed by atoms with Crippen LogP contribution in [0.4, 0.5) is 5.69 Å². The second-order valence-corrected chi connectivity index (χ2v) is 9.63. The van der Waals surface area contributed by atoms with Crippen molar-refractivity contribution in [3.05, 3.63) is 60.4 Å². The summed E-state index contributed by atoms with van der Waals surface area (Å²) in [6.07, 6.45) is -3.28. The van der Waals surface area contributed by atoms with E-state index in [0.29, 0.717) is 37.1 Å². The molecule has 0 aromatic heterocycles. The maximum Gasteiger partial charge on any atom is 0.229 e. The SMILES string of the molecule is C=C/C(=C/C(C)N1C[C@@H](CCl)c2c1cc(O[C@@H]1O[C@H](CO)[C@H](O)[C@H](O)[C@H]1O)c1ccccc21)OCCN. The van der Waals surface area contributed by atoms with Crippen LogP contribution in [0.1, 0.15) is 18.4 Å². The van der Waals surface area contributed by atoms with Gasteiger partial charge in [0.1, 0.15) is 42.5 Å². The Morgan fingerprint density at radius 3 is 2.62 bits per heavy atom. The van der Waals surface area contributed by atoms with Crippen molar-refractivity contribution in [2.24, 2.45) is 5.73 Å². The number of anilines is 1. The Morgan fingerprint density at radius 2 is 1.97 bits per heavy atom. The van der Waals surface area contributed by atoms with Crippen molar-refractivity contribution in [1.82, 2.24) is 0 Å². The van der Waals surface area contributed by atoms with Crippen molar-refractivity contribution in [1.29, 1.82) is 0 Å². The van der Waals surface area contributed by atoms with Crippen LogP contribution in [0.15, 0.2) is 54.8 Å². The van der Waals surface area contributed by atoms with E-state index in [4.69, 9.17) is 31.5 Å². The standard InChI is InChI=1S/C27H35ClN2O7/c1-3-17(35-9-8-29)10-15(2)30-13-16(12-28)23-19-7-5-4-6-18(19)21(11-20(23)30)36-27-26(34)25(33)24(32)22(14-31)37-27/h3-7,10-11,15-16,22,24-27,31-34H,1,8-9,12-14,29H2,2H3/b17-10-/t15?,16-,22-,24+,25+,26-,27-/m1/s1. The van der Waals surface area contributed by atoms with E-state index in [-0.39, 0.29) is 12.0 Å². The van der Waals surface area contributed by atoms with Crippen LogP contribution < -0.4 is 15.4 Å². The summed E-state index contributed by atoms with van der Waals surface area (Å²) < 4.78 is 17.4. The molecule has 2 aliphatic rings. The molecule has 0 amide bonds. The number of hydrogen-bond donors (Lipinski definition) is 5. The number of halogens is 1. The minimum atomic E-state index is -1.54. The zero-order valence-corrected chi connectivity index (χ0v) is 21.5. The largest absolute Gasteiger partial charge is 0.493 e. The van der Waals surface area contributed by atoms with Crippen LogP contribution >= 0.6 is 11.6 Å². The lowest BCUT2D eigenvalue weighted by molar-refractivity contribution is -0.277. The molecule has 0 bridgehead atoms. The third-order valence-corrected chi connectivity index (χ3v) is 7.30. The monoisotopic (exact) mass is 534 g/mol. The number of benzene rings is 2. The maximum absolute atomic E-state index is 10.6. The van der Waals surface area contributed by atoms with Gasteiger partial charge < -0.3 is 45.3 Å². The number of ether oxygens (including phenoxy) is 3. The fraction of sp³-hybridized carbons (Fsp3) is 0.481. The van der Waals surface area contributed by atoms with E-state index in [0.717, 1.165) is 22.0 Å². The van der Waals surface area contributed by atoms with Gasteiger partial charge in [-0.3, -0.25) is 0 Å². The first kappa shape index (κ1) is 27.7. The van der Waals surface area contributed by atoms with Gasteiger partial charge in [0.25, 0.3) is 0 Å². The van der Waals surface area contributed by atoms with Crippen LogP contribution in [0.25, 0.3) is 10.8 Å². The predicted molar refractivity (Wildman–Crippen MR) is 142 cm³/mol. The molecule has 2 aliphatic heterocycles. The molecule has 0 radical (unpaired) electrons. The molecule has 9 nitrogen and oxygen atoms in total. The van der Waals surface area contributed by atoms with E-state index in [9.17, 15) is 20.4 Å². The molecule has 2 heterocycles. The van der Waals surface area contributed by atoms with Gasteiger partial charge in [0, 0.05) is 48.1 Å². The zero-order valence-electron chi connectivity index (χ0n) is 20.7. The first-order valence-electron chi connectivity index (χ1n) is 12.4. The van der Waals surface area contributed by atoms with E-state index in [1.807, 2.05) is 43.3 Å². The highest BCUT2D eigenvalue weighted by atomic mass is 35.5. The van der Waals surface area contributed by atoms with Gasteiger partial charge in [-0.1, -0.05) is 30.8 Å². The summed E-state index contributed by atoms with van der Waals surface area (Å²) in [5.41, 5.74) is 7.58. The average molecular weight is 535 g/mol. The van der Waals surface area contributed by atoms with E-state index >= 15 is 0 Å². The molecule has 7 atom stereocenters. The lowest BCUT2D eigenvalue weighted by Gasteiger charge is -2.39. The topological polar surface area (TPSA) is 138 Å². The fourth-order valence-electron chi connectivity index (χ4n) is 5.02. The summed E-state index contributed by atoms with van der Waals surface area (Å²) in [7, 11) is 0. The predicted octanol–water partition coefficient (Wildman–Crippen LogP) is 1.59. The lowest BCUT2D eigenvalue weighted by Crippen LogP contribution is -2.60. The molecule has 2 aromatic rings. The second kappa shape index (κ2) is 12.0. The van der Waals surface area contributed by atoms with Gasteiger partial charge in [-0.05, 0) is 30.0 Å². The molecule has 1 fully saturated rings. The molecule has 4 rings (SSSR count). The van der Waals surface area contributed by atoms with E-state index in [1.54, 1.807) is 6.08 Å². The fourth-order valence-corrected chi connectivity index (χ4v) is 5.27. The molecule has 0 saturated carbocycles. The summed E-state index contributed by atoms with van der Waals surface area (Å²) in [6, 6.07) is 9.52. The number of aliphatic hydroxyl groups excluding tert-OH is 4. The van der Waals surface area contributed by atoms with Gasteiger partial charge in [0.15, 0.2) is 0 Å². The van der Waals surface area contributed by atoms with Crippen molar-refractivity contribution in [3.63, 3.8) is 0 Å². The average Bonchev–Trinajstić information content (AvgIpc) is 3.30. The van der Waals surface area contributed by atoms with Gasteiger partial charge >= 0.3 is 0 Å². The maximum atomic E-state index is 10.6. The van der Waals surface area contributed by atoms with Crippen molar-refractivity contribution >= 4 is 28.1 Å². The van der Waals surface area contributed by atoms with Crippen LogP contribution in [-0.2, 0) is 9.47 Å². The Labute approximate surface area is 221 Å². The first-order chi connectivity index (χ1) is 17.8. The van der Waals surface area contributed by atoms with Crippen molar-refractivity contribution in [2.45, 2.75) is 49.6 Å². The molecule has 2 aromatic carbocycles. The molecule has 202 valence electrons. The van der Waals surface area contributed by atoms with Gasteiger partial charge in [-0.2, -0.15) is 0 Å². The third kappa shape index (κ3) is 5.44. The number of nitrogens with zero attached hydrogens (tertiary/aromatic N) is 1. The minimum absolute atomic E-state index is 0.0656. The lowest BCUT2D eigenvalue weighted by atomic mass is 9.95. The Balaban J connectivity index is 1.75. The van der Waals surface area contributed by atoms with Crippen LogP contribution in [0.3, 0.4) is 0 Å². The summed E-state index contributed by atoms with van der Waals surface area (Å²) in [5.74, 6) is 1.55. The van der Waals surface area contributed by atoms with E-state index in [1.165, 1.54) is 0 Å².